The van der Waals surface area contributed by atoms with Crippen molar-refractivity contribution in [3.63, 3.8) is 0 Å². The standard InChI is InChI=1S/C14H14N2OS.C8H7BrO/c15-13-12(10-7-4-8-11(10)18-13)14(17)16-9-5-2-1-3-6-9;1-6(10)7-4-2-3-5-8(7)9/h1-3,5-6H,4,7-8,15H2,(H,16,17);2-5H,1H3. The molecule has 0 radical (unpaired) electrons. The Hall–Kier alpha value is -2.44. The summed E-state index contributed by atoms with van der Waals surface area (Å²) in [6, 6.07) is 16.9. The Morgan fingerprint density at radius 3 is 2.36 bits per heavy atom. The first-order valence-electron chi connectivity index (χ1n) is 8.99. The largest absolute Gasteiger partial charge is 0.390 e. The Morgan fingerprint density at radius 2 is 1.71 bits per heavy atom. The Kier molecular flexibility index (Phi) is 6.65. The Morgan fingerprint density at radius 1 is 1.04 bits per heavy atom. The van der Waals surface area contributed by atoms with Crippen LogP contribution >= 0.6 is 27.3 Å². The van der Waals surface area contributed by atoms with Crippen molar-refractivity contribution >= 4 is 49.6 Å². The minimum absolute atomic E-state index is 0.0851. The van der Waals surface area contributed by atoms with E-state index in [9.17, 15) is 9.59 Å². The molecule has 144 valence electrons. The fraction of sp³-hybridized carbons (Fsp3) is 0.182. The van der Waals surface area contributed by atoms with Crippen molar-refractivity contribution in [1.29, 1.82) is 0 Å². The van der Waals surface area contributed by atoms with E-state index in [1.54, 1.807) is 24.3 Å². The van der Waals surface area contributed by atoms with Crippen LogP contribution in [0.4, 0.5) is 10.7 Å². The number of aryl methyl sites for hydroxylation is 1. The molecule has 0 saturated heterocycles. The predicted molar refractivity (Wildman–Crippen MR) is 119 cm³/mol. The van der Waals surface area contributed by atoms with Gasteiger partial charge in [-0.25, -0.2) is 0 Å². The number of hydrogen-bond donors (Lipinski definition) is 2. The van der Waals surface area contributed by atoms with Gasteiger partial charge in [-0.15, -0.1) is 11.3 Å². The quantitative estimate of drug-likeness (QED) is 0.494. The van der Waals surface area contributed by atoms with Crippen LogP contribution in [0.15, 0.2) is 59.1 Å². The van der Waals surface area contributed by atoms with Crippen LogP contribution in [0.3, 0.4) is 0 Å². The number of para-hydroxylation sites is 1. The summed E-state index contributed by atoms with van der Waals surface area (Å²) in [4.78, 5) is 24.4. The van der Waals surface area contributed by atoms with Gasteiger partial charge in [0.05, 0.1) is 10.6 Å². The number of ketones is 1. The van der Waals surface area contributed by atoms with E-state index in [4.69, 9.17) is 5.73 Å². The van der Waals surface area contributed by atoms with E-state index in [0.717, 1.165) is 40.5 Å². The number of Topliss-reactive ketones (excluding diaryl/α,β-unsaturated/α-hetero) is 1. The molecule has 0 atom stereocenters. The van der Waals surface area contributed by atoms with Crippen LogP contribution in [-0.4, -0.2) is 11.7 Å². The number of rotatable bonds is 3. The van der Waals surface area contributed by atoms with Gasteiger partial charge in [0.2, 0.25) is 0 Å². The maximum absolute atomic E-state index is 12.3. The number of nitrogen functional groups attached to an aromatic ring is 1. The second-order valence-corrected chi connectivity index (χ2v) is 8.44. The van der Waals surface area contributed by atoms with Gasteiger partial charge in [-0.05, 0) is 49.9 Å². The molecule has 4 nitrogen and oxygen atoms in total. The normalized spacial score (nSPS) is 11.9. The molecule has 0 saturated carbocycles. The number of halogens is 1. The summed E-state index contributed by atoms with van der Waals surface area (Å²) < 4.78 is 0.863. The molecule has 1 heterocycles. The third-order valence-corrected chi connectivity index (χ3v) is 6.27. The minimum atomic E-state index is -0.0851. The van der Waals surface area contributed by atoms with Gasteiger partial charge in [-0.2, -0.15) is 0 Å². The molecule has 28 heavy (non-hydrogen) atoms. The molecule has 3 N–H and O–H groups in total. The molecular formula is C22H21BrN2O2S. The maximum Gasteiger partial charge on any atom is 0.258 e. The first-order chi connectivity index (χ1) is 13.5. The van der Waals surface area contributed by atoms with E-state index < -0.39 is 0 Å². The minimum Gasteiger partial charge on any atom is -0.390 e. The van der Waals surface area contributed by atoms with Crippen molar-refractivity contribution < 1.29 is 9.59 Å². The number of nitrogens with two attached hydrogens (primary N) is 1. The zero-order valence-corrected chi connectivity index (χ0v) is 17.9. The van der Waals surface area contributed by atoms with E-state index in [-0.39, 0.29) is 11.7 Å². The molecule has 1 aromatic heterocycles. The van der Waals surface area contributed by atoms with Crippen LogP contribution in [0.25, 0.3) is 0 Å². The summed E-state index contributed by atoms with van der Waals surface area (Å²) in [5.74, 6) is 0.00516. The van der Waals surface area contributed by atoms with Crippen LogP contribution in [-0.2, 0) is 12.8 Å². The highest BCUT2D eigenvalue weighted by Gasteiger charge is 2.25. The molecule has 4 rings (SSSR count). The fourth-order valence-corrected chi connectivity index (χ4v) is 4.86. The zero-order chi connectivity index (χ0) is 20.1. The summed E-state index contributed by atoms with van der Waals surface area (Å²) in [5.41, 5.74) is 9.36. The molecule has 0 unspecified atom stereocenters. The van der Waals surface area contributed by atoms with Crippen LogP contribution < -0.4 is 11.1 Å². The number of carbonyl (C=O) groups is 2. The van der Waals surface area contributed by atoms with E-state index in [0.29, 0.717) is 10.6 Å². The molecule has 0 bridgehead atoms. The number of hydrogen-bond acceptors (Lipinski definition) is 4. The molecule has 6 heteroatoms. The maximum atomic E-state index is 12.3. The van der Waals surface area contributed by atoms with Gasteiger partial charge in [-0.1, -0.05) is 52.3 Å². The number of thiophene rings is 1. The van der Waals surface area contributed by atoms with Crippen molar-refractivity contribution in [2.45, 2.75) is 26.2 Å². The summed E-state index contributed by atoms with van der Waals surface area (Å²) >= 11 is 4.84. The van der Waals surface area contributed by atoms with Crippen molar-refractivity contribution in [2.24, 2.45) is 0 Å². The smallest absolute Gasteiger partial charge is 0.258 e. The Balaban J connectivity index is 0.000000192. The van der Waals surface area contributed by atoms with Crippen LogP contribution in [0.2, 0.25) is 0 Å². The lowest BCUT2D eigenvalue weighted by atomic mass is 10.1. The molecule has 2 aromatic carbocycles. The van der Waals surface area contributed by atoms with Gasteiger partial charge in [0.15, 0.2) is 5.78 Å². The average molecular weight is 457 g/mol. The van der Waals surface area contributed by atoms with Gasteiger partial charge in [0.25, 0.3) is 5.91 Å². The highest BCUT2D eigenvalue weighted by molar-refractivity contribution is 9.10. The van der Waals surface area contributed by atoms with Crippen molar-refractivity contribution in [3.8, 4) is 0 Å². The number of benzene rings is 2. The van der Waals surface area contributed by atoms with Crippen molar-refractivity contribution in [3.05, 3.63) is 80.6 Å². The van der Waals surface area contributed by atoms with Gasteiger partial charge >= 0.3 is 0 Å². The highest BCUT2D eigenvalue weighted by Crippen LogP contribution is 2.37. The molecule has 0 aliphatic heterocycles. The van der Waals surface area contributed by atoms with Crippen LogP contribution in [0.1, 0.15) is 44.5 Å². The molecule has 1 aliphatic rings. The lowest BCUT2D eigenvalue weighted by Gasteiger charge is -2.06. The van der Waals surface area contributed by atoms with Crippen molar-refractivity contribution in [1.82, 2.24) is 0 Å². The zero-order valence-electron chi connectivity index (χ0n) is 15.5. The fourth-order valence-electron chi connectivity index (χ4n) is 3.14. The third-order valence-electron chi connectivity index (χ3n) is 4.46. The monoisotopic (exact) mass is 456 g/mol. The summed E-state index contributed by atoms with van der Waals surface area (Å²) in [7, 11) is 0. The summed E-state index contributed by atoms with van der Waals surface area (Å²) in [6.45, 7) is 1.56. The number of anilines is 2. The topological polar surface area (TPSA) is 72.2 Å². The molecule has 1 aliphatic carbocycles. The summed E-state index contributed by atoms with van der Waals surface area (Å²) in [6.07, 6.45) is 3.16. The molecule has 3 aromatic rings. The lowest BCUT2D eigenvalue weighted by Crippen LogP contribution is -2.14. The van der Waals surface area contributed by atoms with Crippen LogP contribution in [0, 0.1) is 0 Å². The first-order valence-corrected chi connectivity index (χ1v) is 10.6. The second-order valence-electron chi connectivity index (χ2n) is 6.45. The molecule has 1 amide bonds. The highest BCUT2D eigenvalue weighted by atomic mass is 79.9. The van der Waals surface area contributed by atoms with E-state index in [1.807, 2.05) is 48.5 Å². The van der Waals surface area contributed by atoms with Gasteiger partial charge in [0, 0.05) is 20.6 Å². The summed E-state index contributed by atoms with van der Waals surface area (Å²) in [5, 5.41) is 3.55. The van der Waals surface area contributed by atoms with E-state index >= 15 is 0 Å². The van der Waals surface area contributed by atoms with Gasteiger partial charge < -0.3 is 11.1 Å². The van der Waals surface area contributed by atoms with E-state index in [1.165, 1.54) is 4.88 Å². The van der Waals surface area contributed by atoms with Gasteiger partial charge in [-0.3, -0.25) is 9.59 Å². The number of amides is 1. The SMILES string of the molecule is CC(=O)c1ccccc1Br.Nc1sc2c(c1C(=O)Nc1ccccc1)CCC2. The Bertz CT molecular complexity index is 999. The first kappa shape index (κ1) is 20.3. The van der Waals surface area contributed by atoms with Crippen LogP contribution in [0.5, 0.6) is 0 Å². The molecular weight excluding hydrogens is 436 g/mol. The lowest BCUT2D eigenvalue weighted by molar-refractivity contribution is 0.101. The molecule has 0 spiro atoms. The number of fused-ring (bicyclic) bond motifs is 1. The number of carbonyl (C=O) groups excluding carboxylic acids is 2. The number of nitrogens with one attached hydrogen (secondary N) is 1. The Labute approximate surface area is 176 Å². The second kappa shape index (κ2) is 9.17. The van der Waals surface area contributed by atoms with Crippen molar-refractivity contribution in [2.75, 3.05) is 11.1 Å². The predicted octanol–water partition coefficient (Wildman–Crippen LogP) is 5.72. The average Bonchev–Trinajstić information content (AvgIpc) is 3.23. The molecule has 0 fully saturated rings. The van der Waals surface area contributed by atoms with Gasteiger partial charge in [0.1, 0.15) is 0 Å². The van der Waals surface area contributed by atoms with E-state index in [2.05, 4.69) is 21.2 Å². The third kappa shape index (κ3) is 4.69.